The number of rotatable bonds is 9. The smallest absolute Gasteiger partial charge is 0.247 e. The van der Waals surface area contributed by atoms with Crippen molar-refractivity contribution in [1.82, 2.24) is 13.9 Å². The molecule has 1 amide bonds. The van der Waals surface area contributed by atoms with Gasteiger partial charge in [-0.1, -0.05) is 12.1 Å². The Kier molecular flexibility index (Phi) is 7.73. The number of nitrogens with one attached hydrogen (secondary N) is 1. The van der Waals surface area contributed by atoms with Crippen molar-refractivity contribution in [2.45, 2.75) is 29.2 Å². The topological polar surface area (TPSA) is 113 Å². The molecule has 0 aromatic heterocycles. The van der Waals surface area contributed by atoms with Crippen molar-refractivity contribution in [3.8, 4) is 5.75 Å². The molecule has 1 heterocycles. The minimum atomic E-state index is -4.18. The van der Waals surface area contributed by atoms with E-state index in [-0.39, 0.29) is 22.1 Å². The highest BCUT2D eigenvalue weighted by molar-refractivity contribution is 7.89. The van der Waals surface area contributed by atoms with Crippen LogP contribution in [0.1, 0.15) is 18.4 Å². The zero-order chi connectivity index (χ0) is 24.2. The molecule has 1 saturated heterocycles. The Hall–Kier alpha value is -2.54. The van der Waals surface area contributed by atoms with Gasteiger partial charge in [-0.15, -0.1) is 0 Å². The normalized spacial score (nSPS) is 15.0. The van der Waals surface area contributed by atoms with Gasteiger partial charge in [0, 0.05) is 26.7 Å². The van der Waals surface area contributed by atoms with Gasteiger partial charge >= 0.3 is 0 Å². The van der Waals surface area contributed by atoms with Gasteiger partial charge in [-0.3, -0.25) is 4.79 Å². The highest BCUT2D eigenvalue weighted by Crippen LogP contribution is 2.27. The second-order valence-electron chi connectivity index (χ2n) is 7.59. The minimum Gasteiger partial charge on any atom is -0.495 e. The van der Waals surface area contributed by atoms with Crippen molar-refractivity contribution < 1.29 is 30.8 Å². The zero-order valence-electron chi connectivity index (χ0n) is 18.3. The third-order valence-corrected chi connectivity index (χ3v) is 9.03. The number of methoxy groups -OCH3 is 1. The zero-order valence-corrected chi connectivity index (χ0v) is 20.0. The summed E-state index contributed by atoms with van der Waals surface area (Å²) in [4.78, 5) is 12.1. The van der Waals surface area contributed by atoms with Crippen LogP contribution in [0.15, 0.2) is 52.3 Å². The number of hydrogen-bond donors (Lipinski definition) is 1. The van der Waals surface area contributed by atoms with Gasteiger partial charge in [-0.05, 0) is 48.7 Å². The Morgan fingerprint density at radius 1 is 1.09 bits per heavy atom. The Morgan fingerprint density at radius 3 is 2.33 bits per heavy atom. The number of carbonyl (C=O) groups excluding carboxylic acids is 1. The fourth-order valence-electron chi connectivity index (χ4n) is 3.42. The summed E-state index contributed by atoms with van der Waals surface area (Å²) in [7, 11) is -5.22. The standard InChI is InChI=1S/C21H26FN3O6S2/c1-24(33(29,30)20-13-17(22)7-10-19(20)31-2)15-21(26)23-14-16-5-8-18(9-6-16)32(27,28)25-11-3-4-12-25/h5-10,13H,3-4,11-12,14-15H2,1-2H3,(H,23,26). The van der Waals surface area contributed by atoms with Crippen LogP contribution in [0, 0.1) is 5.82 Å². The van der Waals surface area contributed by atoms with Gasteiger partial charge in [-0.25, -0.2) is 21.2 Å². The minimum absolute atomic E-state index is 0.0346. The fourth-order valence-corrected chi connectivity index (χ4v) is 6.23. The van der Waals surface area contributed by atoms with Crippen LogP contribution in [0.4, 0.5) is 4.39 Å². The number of carbonyl (C=O) groups is 1. The molecule has 1 N–H and O–H groups in total. The molecule has 0 atom stereocenters. The molecule has 9 nitrogen and oxygen atoms in total. The number of halogens is 1. The summed E-state index contributed by atoms with van der Waals surface area (Å²) in [5.74, 6) is -1.36. The third-order valence-electron chi connectivity index (χ3n) is 5.30. The molecule has 0 radical (unpaired) electrons. The van der Waals surface area contributed by atoms with Crippen LogP contribution in [0.3, 0.4) is 0 Å². The van der Waals surface area contributed by atoms with E-state index in [4.69, 9.17) is 4.74 Å². The average Bonchev–Trinajstić information content (AvgIpc) is 3.34. The van der Waals surface area contributed by atoms with E-state index < -0.39 is 38.3 Å². The molecular weight excluding hydrogens is 473 g/mol. The van der Waals surface area contributed by atoms with E-state index in [0.29, 0.717) is 18.7 Å². The first-order valence-corrected chi connectivity index (χ1v) is 13.1. The van der Waals surface area contributed by atoms with E-state index in [1.54, 1.807) is 12.1 Å². The maximum atomic E-state index is 13.6. The van der Waals surface area contributed by atoms with E-state index in [9.17, 15) is 26.0 Å². The molecule has 0 saturated carbocycles. The number of hydrogen-bond acceptors (Lipinski definition) is 6. The molecule has 1 fully saturated rings. The maximum absolute atomic E-state index is 13.6. The Labute approximate surface area is 193 Å². The van der Waals surface area contributed by atoms with Crippen LogP contribution in [0.5, 0.6) is 5.75 Å². The lowest BCUT2D eigenvalue weighted by atomic mass is 10.2. The molecule has 3 rings (SSSR count). The third kappa shape index (κ3) is 5.69. The number of ether oxygens (including phenoxy) is 1. The molecule has 12 heteroatoms. The van der Waals surface area contributed by atoms with Gasteiger partial charge in [0.25, 0.3) is 0 Å². The average molecular weight is 500 g/mol. The number of benzene rings is 2. The van der Waals surface area contributed by atoms with E-state index in [2.05, 4.69) is 5.32 Å². The summed E-state index contributed by atoms with van der Waals surface area (Å²) in [5, 5.41) is 2.60. The number of sulfonamides is 2. The Morgan fingerprint density at radius 2 is 1.73 bits per heavy atom. The number of nitrogens with zero attached hydrogens (tertiary/aromatic N) is 2. The van der Waals surface area contributed by atoms with Crippen molar-refractivity contribution in [2.24, 2.45) is 0 Å². The lowest BCUT2D eigenvalue weighted by molar-refractivity contribution is -0.121. The highest BCUT2D eigenvalue weighted by Gasteiger charge is 2.28. The summed E-state index contributed by atoms with van der Waals surface area (Å²) in [6, 6.07) is 9.28. The monoisotopic (exact) mass is 499 g/mol. The summed E-state index contributed by atoms with van der Waals surface area (Å²) in [6.45, 7) is 0.611. The van der Waals surface area contributed by atoms with Gasteiger partial charge in [-0.2, -0.15) is 8.61 Å². The first kappa shape index (κ1) is 25.1. The van der Waals surface area contributed by atoms with E-state index in [1.165, 1.54) is 36.7 Å². The van der Waals surface area contributed by atoms with Crippen LogP contribution >= 0.6 is 0 Å². The van der Waals surface area contributed by atoms with Crippen LogP contribution in [0.2, 0.25) is 0 Å². The molecule has 2 aromatic carbocycles. The van der Waals surface area contributed by atoms with Crippen molar-refractivity contribution in [3.63, 3.8) is 0 Å². The van der Waals surface area contributed by atoms with Crippen molar-refractivity contribution in [1.29, 1.82) is 0 Å². The van der Waals surface area contributed by atoms with Crippen molar-refractivity contribution in [3.05, 3.63) is 53.8 Å². The first-order chi connectivity index (χ1) is 15.6. The predicted molar refractivity (Wildman–Crippen MR) is 119 cm³/mol. The lowest BCUT2D eigenvalue weighted by Crippen LogP contribution is -2.38. The quantitative estimate of drug-likeness (QED) is 0.560. The molecule has 0 spiro atoms. The second kappa shape index (κ2) is 10.2. The molecule has 33 heavy (non-hydrogen) atoms. The summed E-state index contributed by atoms with van der Waals surface area (Å²) in [6.07, 6.45) is 1.69. The van der Waals surface area contributed by atoms with Gasteiger partial charge < -0.3 is 10.1 Å². The van der Waals surface area contributed by atoms with E-state index >= 15 is 0 Å². The summed E-state index contributed by atoms with van der Waals surface area (Å²) < 4.78 is 71.5. The van der Waals surface area contributed by atoms with Gasteiger partial charge in [0.2, 0.25) is 26.0 Å². The number of likely N-dealkylation sites (N-methyl/N-ethyl adjacent to an activating group) is 1. The van der Waals surface area contributed by atoms with Gasteiger partial charge in [0.1, 0.15) is 16.5 Å². The molecule has 1 aliphatic rings. The molecule has 1 aliphatic heterocycles. The Bertz CT molecular complexity index is 1210. The summed E-state index contributed by atoms with van der Waals surface area (Å²) >= 11 is 0. The van der Waals surface area contributed by atoms with Crippen LogP contribution < -0.4 is 10.1 Å². The molecule has 2 aromatic rings. The van der Waals surface area contributed by atoms with Crippen molar-refractivity contribution >= 4 is 26.0 Å². The van der Waals surface area contributed by atoms with Crippen LogP contribution in [0.25, 0.3) is 0 Å². The van der Waals surface area contributed by atoms with E-state index in [0.717, 1.165) is 29.3 Å². The fraction of sp³-hybridized carbons (Fsp3) is 0.381. The summed E-state index contributed by atoms with van der Waals surface area (Å²) in [5.41, 5.74) is 0.654. The first-order valence-electron chi connectivity index (χ1n) is 10.2. The van der Waals surface area contributed by atoms with Crippen molar-refractivity contribution in [2.75, 3.05) is 33.8 Å². The molecular formula is C21H26FN3O6S2. The highest BCUT2D eigenvalue weighted by atomic mass is 32.2. The molecule has 0 bridgehead atoms. The SMILES string of the molecule is COc1ccc(F)cc1S(=O)(=O)N(C)CC(=O)NCc1ccc(S(=O)(=O)N2CCCC2)cc1. The van der Waals surface area contributed by atoms with Gasteiger partial charge in [0.15, 0.2) is 0 Å². The van der Waals surface area contributed by atoms with Crippen LogP contribution in [-0.4, -0.2) is 65.1 Å². The van der Waals surface area contributed by atoms with Crippen LogP contribution in [-0.2, 0) is 31.4 Å². The molecule has 180 valence electrons. The molecule has 0 unspecified atom stereocenters. The predicted octanol–water partition coefficient (Wildman–Crippen LogP) is 1.56. The second-order valence-corrected chi connectivity index (χ2v) is 11.5. The Balaban J connectivity index is 1.60. The molecule has 0 aliphatic carbocycles. The number of amides is 1. The largest absolute Gasteiger partial charge is 0.495 e. The van der Waals surface area contributed by atoms with Gasteiger partial charge in [0.05, 0.1) is 18.6 Å². The maximum Gasteiger partial charge on any atom is 0.247 e. The lowest BCUT2D eigenvalue weighted by Gasteiger charge is -2.18. The van der Waals surface area contributed by atoms with E-state index in [1.807, 2.05) is 0 Å².